The zero-order valence-electron chi connectivity index (χ0n) is 15.2. The molecule has 0 radical (unpaired) electrons. The number of rotatable bonds is 4. The van der Waals surface area contributed by atoms with Crippen LogP contribution in [0.25, 0.3) is 0 Å². The Morgan fingerprint density at radius 1 is 1.05 bits per heavy atom. The Hall–Kier alpha value is -1.07. The molecule has 120 valence electrons. The van der Waals surface area contributed by atoms with Gasteiger partial charge in [0.1, 0.15) is 0 Å². The van der Waals surface area contributed by atoms with Crippen molar-refractivity contribution in [2.45, 2.75) is 53.4 Å². The molecule has 2 rings (SSSR count). The van der Waals surface area contributed by atoms with Gasteiger partial charge in [-0.25, -0.2) is 0 Å². The Kier molecular flexibility index (Phi) is 4.88. The fourth-order valence-corrected chi connectivity index (χ4v) is 9.90. The van der Waals surface area contributed by atoms with Gasteiger partial charge >= 0.3 is 0 Å². The average Bonchev–Trinajstić information content (AvgIpc) is 2.84. The van der Waals surface area contributed by atoms with Crippen molar-refractivity contribution in [1.82, 2.24) is 0 Å². The van der Waals surface area contributed by atoms with Crippen LogP contribution < -0.4 is 4.98 Å². The number of nitrogens with one attached hydrogen (secondary N) is 1. The molecule has 3 heteroatoms. The monoisotopic (exact) mass is 329 g/mol. The zero-order chi connectivity index (χ0) is 16.5. The van der Waals surface area contributed by atoms with E-state index in [-0.39, 0.29) is 5.41 Å². The predicted molar refractivity (Wildman–Crippen MR) is 106 cm³/mol. The Labute approximate surface area is 139 Å². The quantitative estimate of drug-likeness (QED) is 0.715. The molecule has 0 atom stereocenters. The van der Waals surface area contributed by atoms with Gasteiger partial charge in [-0.15, -0.1) is 0 Å². The van der Waals surface area contributed by atoms with Crippen molar-refractivity contribution < 1.29 is 0 Å². The van der Waals surface area contributed by atoms with Gasteiger partial charge < -0.3 is 4.98 Å². The summed E-state index contributed by atoms with van der Waals surface area (Å²) in [5, 5.41) is 3.50. The number of hydrogen-bond donors (Lipinski definition) is 1. The molecule has 0 heterocycles. The minimum Gasteiger partial charge on any atom is -0.407 e. The highest BCUT2D eigenvalue weighted by molar-refractivity contribution is 6.88. The topological polar surface area (TPSA) is 12.0 Å². The van der Waals surface area contributed by atoms with E-state index in [0.29, 0.717) is 0 Å². The average molecular weight is 330 g/mol. The third-order valence-electron chi connectivity index (χ3n) is 4.50. The summed E-state index contributed by atoms with van der Waals surface area (Å²) in [7, 11) is -2.49. The molecule has 1 aromatic carbocycles. The van der Waals surface area contributed by atoms with E-state index in [4.69, 9.17) is 0 Å². The van der Waals surface area contributed by atoms with Gasteiger partial charge in [0.25, 0.3) is 0 Å². The molecule has 0 aliphatic heterocycles. The van der Waals surface area contributed by atoms with Crippen molar-refractivity contribution in [3.63, 3.8) is 0 Å². The lowest BCUT2D eigenvalue weighted by Crippen LogP contribution is -2.41. The van der Waals surface area contributed by atoms with E-state index in [9.17, 15) is 0 Å². The molecule has 1 aliphatic rings. The van der Waals surface area contributed by atoms with Crippen LogP contribution in [0, 0.1) is 5.41 Å². The van der Waals surface area contributed by atoms with Gasteiger partial charge in [0.15, 0.2) is 8.24 Å². The van der Waals surface area contributed by atoms with Crippen molar-refractivity contribution in [1.29, 1.82) is 0 Å². The van der Waals surface area contributed by atoms with Crippen LogP contribution in [0.15, 0.2) is 52.4 Å². The zero-order valence-corrected chi connectivity index (χ0v) is 17.4. The summed E-state index contributed by atoms with van der Waals surface area (Å²) in [5.74, 6) is 0. The summed E-state index contributed by atoms with van der Waals surface area (Å²) in [6, 6.07) is 10.7. The molecular weight excluding hydrogens is 298 g/mol. The molecule has 0 bridgehead atoms. The minimum absolute atomic E-state index is 0.269. The van der Waals surface area contributed by atoms with Crippen LogP contribution in [0.4, 0.5) is 5.69 Å². The van der Waals surface area contributed by atoms with E-state index in [0.717, 1.165) is 6.42 Å². The van der Waals surface area contributed by atoms with Crippen molar-refractivity contribution in [2.75, 3.05) is 4.98 Å². The van der Waals surface area contributed by atoms with Gasteiger partial charge in [-0.3, -0.25) is 0 Å². The van der Waals surface area contributed by atoms with Crippen LogP contribution in [0.3, 0.4) is 0 Å². The van der Waals surface area contributed by atoms with Gasteiger partial charge in [0.05, 0.1) is 8.80 Å². The first kappa shape index (κ1) is 17.3. The molecule has 1 N–H and O–H groups in total. The van der Waals surface area contributed by atoms with Crippen molar-refractivity contribution >= 4 is 22.7 Å². The van der Waals surface area contributed by atoms with E-state index in [1.54, 1.807) is 16.0 Å². The van der Waals surface area contributed by atoms with Gasteiger partial charge in [0, 0.05) is 5.69 Å². The van der Waals surface area contributed by atoms with Crippen LogP contribution in [0.5, 0.6) is 0 Å². The Bertz CT molecular complexity index is 590. The second-order valence-electron chi connectivity index (χ2n) is 8.23. The molecule has 0 saturated heterocycles. The summed E-state index contributed by atoms with van der Waals surface area (Å²) >= 11 is 0. The van der Waals surface area contributed by atoms with Crippen molar-refractivity contribution in [3.05, 3.63) is 52.4 Å². The number of benzene rings is 1. The Morgan fingerprint density at radius 2 is 1.64 bits per heavy atom. The van der Waals surface area contributed by atoms with Gasteiger partial charge in [-0.1, -0.05) is 68.5 Å². The maximum atomic E-state index is 3.89. The van der Waals surface area contributed by atoms with Crippen LogP contribution in [0.2, 0.25) is 26.2 Å². The largest absolute Gasteiger partial charge is 0.407 e. The maximum Gasteiger partial charge on any atom is 0.175 e. The highest BCUT2D eigenvalue weighted by Gasteiger charge is 2.36. The molecule has 0 unspecified atom stereocenters. The van der Waals surface area contributed by atoms with Crippen LogP contribution in [-0.4, -0.2) is 17.0 Å². The molecular formula is C19H31NSi2. The smallest absolute Gasteiger partial charge is 0.175 e. The summed E-state index contributed by atoms with van der Waals surface area (Å²) < 4.78 is 0. The molecule has 0 aromatic heterocycles. The molecule has 0 amide bonds. The summed E-state index contributed by atoms with van der Waals surface area (Å²) in [6.45, 7) is 17.0. The molecule has 1 nitrogen and oxygen atoms in total. The van der Waals surface area contributed by atoms with Crippen LogP contribution >= 0.6 is 0 Å². The van der Waals surface area contributed by atoms with E-state index < -0.39 is 17.0 Å². The molecule has 0 saturated carbocycles. The fraction of sp³-hybridized carbons (Fsp3) is 0.474. The summed E-state index contributed by atoms with van der Waals surface area (Å²) in [4.78, 5) is 3.89. The Balaban J connectivity index is 2.38. The standard InChI is InChI=1S/C19H31NSi2/c1-19(2,3)16-13-14-17(18(16)21(4)5)22(6,7)20-15-11-9-8-10-12-15/h8-13,20-21H,14H2,1-7H3. The maximum absolute atomic E-state index is 3.89. The predicted octanol–water partition coefficient (Wildman–Crippen LogP) is 5.54. The summed E-state index contributed by atoms with van der Waals surface area (Å²) in [6.07, 6.45) is 3.67. The van der Waals surface area contributed by atoms with E-state index in [1.807, 2.05) is 0 Å². The van der Waals surface area contributed by atoms with Crippen molar-refractivity contribution in [2.24, 2.45) is 5.41 Å². The third kappa shape index (κ3) is 3.63. The molecule has 1 aliphatic carbocycles. The van der Waals surface area contributed by atoms with E-state index in [1.165, 1.54) is 5.69 Å². The van der Waals surface area contributed by atoms with E-state index >= 15 is 0 Å². The second kappa shape index (κ2) is 6.21. The van der Waals surface area contributed by atoms with E-state index in [2.05, 4.69) is 88.3 Å². The lowest BCUT2D eigenvalue weighted by molar-refractivity contribution is 0.515. The SMILES string of the molecule is C[SiH](C)C1=C([Si](C)(C)Nc2ccccc2)CC=C1C(C)(C)C. The molecule has 1 aromatic rings. The number of para-hydroxylation sites is 1. The molecule has 0 spiro atoms. The lowest BCUT2D eigenvalue weighted by atomic mass is 9.87. The van der Waals surface area contributed by atoms with Crippen molar-refractivity contribution in [3.8, 4) is 0 Å². The fourth-order valence-electron chi connectivity index (χ4n) is 3.51. The second-order valence-corrected chi connectivity index (χ2v) is 15.2. The van der Waals surface area contributed by atoms with Crippen LogP contribution in [-0.2, 0) is 0 Å². The molecule has 0 fully saturated rings. The highest BCUT2D eigenvalue weighted by atomic mass is 28.3. The summed E-state index contributed by atoms with van der Waals surface area (Å²) in [5.41, 5.74) is 3.16. The highest BCUT2D eigenvalue weighted by Crippen LogP contribution is 2.42. The minimum atomic E-state index is -1.65. The first-order valence-electron chi connectivity index (χ1n) is 8.40. The number of hydrogen-bond acceptors (Lipinski definition) is 1. The van der Waals surface area contributed by atoms with Crippen LogP contribution in [0.1, 0.15) is 27.2 Å². The number of anilines is 1. The Morgan fingerprint density at radius 3 is 2.14 bits per heavy atom. The number of allylic oxidation sites excluding steroid dienone is 4. The molecule has 22 heavy (non-hydrogen) atoms. The lowest BCUT2D eigenvalue weighted by Gasteiger charge is -2.32. The normalized spacial score (nSPS) is 16.3. The third-order valence-corrected chi connectivity index (χ3v) is 9.49. The van der Waals surface area contributed by atoms with Gasteiger partial charge in [0.2, 0.25) is 0 Å². The van der Waals surface area contributed by atoms with Gasteiger partial charge in [-0.05, 0) is 42.6 Å². The first-order valence-corrected chi connectivity index (χ1v) is 14.3. The first-order chi connectivity index (χ1) is 10.1. The van der Waals surface area contributed by atoms with Gasteiger partial charge in [-0.2, -0.15) is 0 Å².